The van der Waals surface area contributed by atoms with Crippen molar-refractivity contribution in [2.24, 2.45) is 5.41 Å². The van der Waals surface area contributed by atoms with Crippen LogP contribution in [0.3, 0.4) is 0 Å². The fourth-order valence-electron chi connectivity index (χ4n) is 1.99. The molecule has 0 N–H and O–H groups in total. The largest absolute Gasteiger partial charge is 0.497 e. The van der Waals surface area contributed by atoms with Crippen molar-refractivity contribution >= 4 is 5.78 Å². The Morgan fingerprint density at radius 1 is 1.54 bits per heavy atom. The molecule has 0 aromatic heterocycles. The van der Waals surface area contributed by atoms with E-state index < -0.39 is 0 Å². The summed E-state index contributed by atoms with van der Waals surface area (Å²) in [5.41, 5.74) is -0.297. The number of ether oxygens (including phenoxy) is 2. The molecule has 0 aromatic carbocycles. The lowest BCUT2D eigenvalue weighted by molar-refractivity contribution is -0.134. The molecule has 1 saturated heterocycles. The highest BCUT2D eigenvalue weighted by Gasteiger charge is 2.50. The molecule has 72 valence electrons. The zero-order valence-corrected chi connectivity index (χ0v) is 7.84. The lowest BCUT2D eigenvalue weighted by Gasteiger charge is -2.41. The highest BCUT2D eigenvalue weighted by molar-refractivity contribution is 6.04. The first-order valence-corrected chi connectivity index (χ1v) is 4.77. The number of rotatable bonds is 2. The van der Waals surface area contributed by atoms with Crippen LogP contribution in [0.5, 0.6) is 0 Å². The Morgan fingerprint density at radius 3 is 2.77 bits per heavy atom. The highest BCUT2D eigenvalue weighted by Crippen LogP contribution is 2.46. The van der Waals surface area contributed by atoms with E-state index in [9.17, 15) is 4.79 Å². The summed E-state index contributed by atoms with van der Waals surface area (Å²) < 4.78 is 10.7. The molecule has 0 unspecified atom stereocenters. The number of hydrogen-bond donors (Lipinski definition) is 0. The van der Waals surface area contributed by atoms with Gasteiger partial charge in [0.25, 0.3) is 0 Å². The number of carbonyl (C=O) groups is 1. The number of ketones is 1. The van der Waals surface area contributed by atoms with Crippen molar-refractivity contribution in [2.75, 3.05) is 19.8 Å². The van der Waals surface area contributed by atoms with Crippen LogP contribution in [0.25, 0.3) is 0 Å². The first kappa shape index (κ1) is 8.75. The fourth-order valence-corrected chi connectivity index (χ4v) is 1.99. The van der Waals surface area contributed by atoms with Gasteiger partial charge in [-0.3, -0.25) is 4.79 Å². The number of allylic oxidation sites excluding steroid dienone is 2. The molecule has 13 heavy (non-hydrogen) atoms. The lowest BCUT2D eigenvalue weighted by Crippen LogP contribution is -2.45. The van der Waals surface area contributed by atoms with Crippen molar-refractivity contribution < 1.29 is 14.3 Å². The Labute approximate surface area is 77.7 Å². The maximum atomic E-state index is 11.5. The van der Waals surface area contributed by atoms with Crippen molar-refractivity contribution in [3.8, 4) is 0 Å². The molecular weight excluding hydrogens is 168 g/mol. The minimum atomic E-state index is -0.297. The molecule has 1 fully saturated rings. The van der Waals surface area contributed by atoms with Crippen molar-refractivity contribution in [3.63, 3.8) is 0 Å². The molecule has 1 spiro atoms. The van der Waals surface area contributed by atoms with Crippen LogP contribution in [-0.4, -0.2) is 25.6 Å². The summed E-state index contributed by atoms with van der Waals surface area (Å²) in [6.07, 6.45) is 3.20. The molecule has 0 radical (unpaired) electrons. The normalized spacial score (nSPS) is 25.3. The first-order chi connectivity index (χ1) is 6.29. The van der Waals surface area contributed by atoms with Gasteiger partial charge in [0, 0.05) is 19.3 Å². The van der Waals surface area contributed by atoms with E-state index in [4.69, 9.17) is 9.47 Å². The summed E-state index contributed by atoms with van der Waals surface area (Å²) in [7, 11) is 0. The molecule has 3 nitrogen and oxygen atoms in total. The minimum absolute atomic E-state index is 0.222. The van der Waals surface area contributed by atoms with Gasteiger partial charge < -0.3 is 9.47 Å². The molecule has 0 bridgehead atoms. The van der Waals surface area contributed by atoms with Crippen LogP contribution in [0.15, 0.2) is 11.8 Å². The average Bonchev–Trinajstić information content (AvgIpc) is 2.19. The molecule has 1 heterocycles. The van der Waals surface area contributed by atoms with Crippen molar-refractivity contribution in [2.45, 2.75) is 19.8 Å². The summed E-state index contributed by atoms with van der Waals surface area (Å²) in [5.74, 6) is 1.10. The van der Waals surface area contributed by atoms with Crippen molar-refractivity contribution in [1.82, 2.24) is 0 Å². The average molecular weight is 182 g/mol. The maximum absolute atomic E-state index is 11.5. The Morgan fingerprint density at radius 2 is 2.23 bits per heavy atom. The smallest absolute Gasteiger partial charge is 0.172 e. The SMILES string of the molecule is CCOC1=CC(=O)C12CCOCC2. The molecule has 0 saturated carbocycles. The van der Waals surface area contributed by atoms with Crippen LogP contribution in [0.1, 0.15) is 19.8 Å². The summed E-state index contributed by atoms with van der Waals surface area (Å²) in [5, 5.41) is 0. The third-order valence-corrected chi connectivity index (χ3v) is 2.85. The summed E-state index contributed by atoms with van der Waals surface area (Å²) in [6.45, 7) is 3.94. The molecule has 1 aliphatic heterocycles. The van der Waals surface area contributed by atoms with Gasteiger partial charge >= 0.3 is 0 Å². The topological polar surface area (TPSA) is 35.5 Å². The third kappa shape index (κ3) is 1.18. The number of hydrogen-bond acceptors (Lipinski definition) is 3. The maximum Gasteiger partial charge on any atom is 0.172 e. The van der Waals surface area contributed by atoms with E-state index >= 15 is 0 Å². The monoisotopic (exact) mass is 182 g/mol. The van der Waals surface area contributed by atoms with E-state index in [-0.39, 0.29) is 11.2 Å². The van der Waals surface area contributed by atoms with Crippen LogP contribution in [-0.2, 0) is 14.3 Å². The zero-order valence-electron chi connectivity index (χ0n) is 7.84. The molecule has 0 amide bonds. The van der Waals surface area contributed by atoms with E-state index in [0.29, 0.717) is 19.8 Å². The second-order valence-corrected chi connectivity index (χ2v) is 3.50. The van der Waals surface area contributed by atoms with Crippen LogP contribution in [0.4, 0.5) is 0 Å². The molecule has 0 aromatic rings. The molecule has 1 aliphatic carbocycles. The second-order valence-electron chi connectivity index (χ2n) is 3.50. The molecule has 2 rings (SSSR count). The predicted octanol–water partition coefficient (Wildman–Crippen LogP) is 1.29. The van der Waals surface area contributed by atoms with Gasteiger partial charge in [-0.15, -0.1) is 0 Å². The van der Waals surface area contributed by atoms with E-state index in [1.807, 2.05) is 6.92 Å². The van der Waals surface area contributed by atoms with Crippen LogP contribution >= 0.6 is 0 Å². The van der Waals surface area contributed by atoms with Gasteiger partial charge in [-0.25, -0.2) is 0 Å². The molecule has 0 atom stereocenters. The van der Waals surface area contributed by atoms with Gasteiger partial charge in [0.2, 0.25) is 0 Å². The second kappa shape index (κ2) is 3.14. The predicted molar refractivity (Wildman–Crippen MR) is 47.2 cm³/mol. The van der Waals surface area contributed by atoms with Crippen LogP contribution in [0, 0.1) is 5.41 Å². The van der Waals surface area contributed by atoms with Gasteiger partial charge in [-0.05, 0) is 19.8 Å². The van der Waals surface area contributed by atoms with E-state index in [0.717, 1.165) is 18.6 Å². The lowest BCUT2D eigenvalue weighted by atomic mass is 9.67. The Balaban J connectivity index is 2.13. The van der Waals surface area contributed by atoms with Gasteiger partial charge in [0.1, 0.15) is 5.76 Å². The van der Waals surface area contributed by atoms with Crippen molar-refractivity contribution in [1.29, 1.82) is 0 Å². The standard InChI is InChI=1S/C10H14O3/c1-2-13-9-7-8(11)10(9)3-5-12-6-4-10/h7H,2-6H2,1H3. The number of carbonyl (C=O) groups excluding carboxylic acids is 1. The van der Waals surface area contributed by atoms with E-state index in [1.54, 1.807) is 6.08 Å². The van der Waals surface area contributed by atoms with Crippen molar-refractivity contribution in [3.05, 3.63) is 11.8 Å². The minimum Gasteiger partial charge on any atom is -0.497 e. The van der Waals surface area contributed by atoms with Gasteiger partial charge in [-0.1, -0.05) is 0 Å². The molecular formula is C10H14O3. The first-order valence-electron chi connectivity index (χ1n) is 4.77. The van der Waals surface area contributed by atoms with Gasteiger partial charge in [-0.2, -0.15) is 0 Å². The van der Waals surface area contributed by atoms with E-state index in [1.165, 1.54) is 0 Å². The molecule has 3 heteroatoms. The molecule has 2 aliphatic rings. The Bertz CT molecular complexity index is 249. The summed E-state index contributed by atoms with van der Waals surface area (Å²) in [6, 6.07) is 0. The summed E-state index contributed by atoms with van der Waals surface area (Å²) >= 11 is 0. The summed E-state index contributed by atoms with van der Waals surface area (Å²) in [4.78, 5) is 11.5. The zero-order chi connectivity index (χ0) is 9.31. The quantitative estimate of drug-likeness (QED) is 0.645. The van der Waals surface area contributed by atoms with Crippen LogP contribution in [0.2, 0.25) is 0 Å². The fraction of sp³-hybridized carbons (Fsp3) is 0.700. The Hall–Kier alpha value is -0.830. The van der Waals surface area contributed by atoms with Gasteiger partial charge in [0.15, 0.2) is 5.78 Å². The Kier molecular flexibility index (Phi) is 2.12. The van der Waals surface area contributed by atoms with Crippen LogP contribution < -0.4 is 0 Å². The highest BCUT2D eigenvalue weighted by atomic mass is 16.5. The van der Waals surface area contributed by atoms with Gasteiger partial charge in [0.05, 0.1) is 12.0 Å². The van der Waals surface area contributed by atoms with E-state index in [2.05, 4.69) is 0 Å². The third-order valence-electron chi connectivity index (χ3n) is 2.85.